The number of hydrogen-bond acceptors (Lipinski definition) is 2. The van der Waals surface area contributed by atoms with Gasteiger partial charge in [0.15, 0.2) is 0 Å². The Morgan fingerprint density at radius 3 is 2.46 bits per heavy atom. The molecule has 0 atom stereocenters. The van der Waals surface area contributed by atoms with Gasteiger partial charge in [-0.1, -0.05) is 6.92 Å². The zero-order chi connectivity index (χ0) is 10.1. The monoisotopic (exact) mass is 190 g/mol. The number of nitrogens with zero attached hydrogens (tertiary/aromatic N) is 2. The standard InChI is InChI=1S/C8H9F3N2/c1-3-6-5(2)4-12-7(13-6)8(9,10)11/h4H,3H2,1-2H3. The van der Waals surface area contributed by atoms with Crippen LogP contribution < -0.4 is 0 Å². The fourth-order valence-corrected chi connectivity index (χ4v) is 0.972. The van der Waals surface area contributed by atoms with Crippen molar-refractivity contribution in [3.8, 4) is 0 Å². The van der Waals surface area contributed by atoms with Gasteiger partial charge in [0, 0.05) is 11.9 Å². The lowest BCUT2D eigenvalue weighted by molar-refractivity contribution is -0.145. The maximum atomic E-state index is 12.1. The second-order valence-corrected chi connectivity index (χ2v) is 2.67. The van der Waals surface area contributed by atoms with Gasteiger partial charge in [0.1, 0.15) is 0 Å². The highest BCUT2D eigenvalue weighted by Gasteiger charge is 2.34. The molecular weight excluding hydrogens is 181 g/mol. The zero-order valence-corrected chi connectivity index (χ0v) is 7.31. The highest BCUT2D eigenvalue weighted by Crippen LogP contribution is 2.26. The number of rotatable bonds is 1. The van der Waals surface area contributed by atoms with E-state index in [2.05, 4.69) is 9.97 Å². The molecule has 1 heterocycles. The first-order valence-electron chi connectivity index (χ1n) is 3.85. The maximum absolute atomic E-state index is 12.1. The third-order valence-electron chi connectivity index (χ3n) is 1.66. The summed E-state index contributed by atoms with van der Waals surface area (Å²) in [4.78, 5) is 6.65. The quantitative estimate of drug-likeness (QED) is 0.679. The molecule has 0 radical (unpaired) electrons. The molecule has 0 fully saturated rings. The van der Waals surface area contributed by atoms with Crippen molar-refractivity contribution in [1.82, 2.24) is 9.97 Å². The Kier molecular flexibility index (Phi) is 2.54. The molecule has 72 valence electrons. The van der Waals surface area contributed by atoms with Gasteiger partial charge >= 0.3 is 6.18 Å². The van der Waals surface area contributed by atoms with Crippen molar-refractivity contribution >= 4 is 0 Å². The molecule has 1 aromatic heterocycles. The Morgan fingerprint density at radius 1 is 1.38 bits per heavy atom. The number of halogens is 3. The molecule has 0 bridgehead atoms. The van der Waals surface area contributed by atoms with Gasteiger partial charge < -0.3 is 0 Å². The van der Waals surface area contributed by atoms with E-state index in [4.69, 9.17) is 0 Å². The van der Waals surface area contributed by atoms with Gasteiger partial charge in [0.05, 0.1) is 0 Å². The largest absolute Gasteiger partial charge is 0.451 e. The first kappa shape index (κ1) is 9.95. The third-order valence-corrected chi connectivity index (χ3v) is 1.66. The normalized spacial score (nSPS) is 11.8. The van der Waals surface area contributed by atoms with Gasteiger partial charge in [-0.3, -0.25) is 0 Å². The zero-order valence-electron chi connectivity index (χ0n) is 7.31. The molecule has 1 rings (SSSR count). The molecule has 0 aliphatic rings. The summed E-state index contributed by atoms with van der Waals surface area (Å²) in [5, 5.41) is 0. The lowest BCUT2D eigenvalue weighted by Gasteiger charge is -2.07. The van der Waals surface area contributed by atoms with Crippen LogP contribution in [0.5, 0.6) is 0 Å². The van der Waals surface area contributed by atoms with Crippen molar-refractivity contribution in [3.05, 3.63) is 23.3 Å². The van der Waals surface area contributed by atoms with E-state index in [1.807, 2.05) is 0 Å². The number of aromatic nitrogens is 2. The summed E-state index contributed by atoms with van der Waals surface area (Å²) in [6.45, 7) is 3.45. The molecule has 0 aliphatic heterocycles. The molecule has 0 spiro atoms. The summed E-state index contributed by atoms with van der Waals surface area (Å²) >= 11 is 0. The average molecular weight is 190 g/mol. The minimum atomic E-state index is -4.45. The topological polar surface area (TPSA) is 25.8 Å². The van der Waals surface area contributed by atoms with Gasteiger partial charge in [-0.05, 0) is 18.9 Å². The molecule has 0 aromatic carbocycles. The van der Waals surface area contributed by atoms with Gasteiger partial charge in [-0.2, -0.15) is 13.2 Å². The lowest BCUT2D eigenvalue weighted by atomic mass is 10.2. The van der Waals surface area contributed by atoms with Crippen molar-refractivity contribution in [1.29, 1.82) is 0 Å². The Labute approximate surface area is 73.8 Å². The van der Waals surface area contributed by atoms with E-state index in [1.54, 1.807) is 13.8 Å². The van der Waals surface area contributed by atoms with Crippen LogP contribution in [0.25, 0.3) is 0 Å². The van der Waals surface area contributed by atoms with Crippen LogP contribution in [0.1, 0.15) is 24.0 Å². The van der Waals surface area contributed by atoms with Crippen molar-refractivity contribution in [3.63, 3.8) is 0 Å². The summed E-state index contributed by atoms with van der Waals surface area (Å²) in [5.74, 6) is -1.06. The van der Waals surface area contributed by atoms with E-state index in [0.717, 1.165) is 0 Å². The van der Waals surface area contributed by atoms with Crippen LogP contribution in [0.3, 0.4) is 0 Å². The maximum Gasteiger partial charge on any atom is 0.451 e. The Hall–Kier alpha value is -1.13. The first-order chi connectivity index (χ1) is 5.95. The second kappa shape index (κ2) is 3.32. The first-order valence-corrected chi connectivity index (χ1v) is 3.85. The van der Waals surface area contributed by atoms with Crippen molar-refractivity contribution < 1.29 is 13.2 Å². The highest BCUT2D eigenvalue weighted by atomic mass is 19.4. The summed E-state index contributed by atoms with van der Waals surface area (Å²) in [6, 6.07) is 0. The third kappa shape index (κ3) is 2.17. The SMILES string of the molecule is CCc1nc(C(F)(F)F)ncc1C. The summed E-state index contributed by atoms with van der Waals surface area (Å²) < 4.78 is 36.3. The van der Waals surface area contributed by atoms with Crippen LogP contribution in [-0.4, -0.2) is 9.97 Å². The van der Waals surface area contributed by atoms with Gasteiger partial charge in [0.25, 0.3) is 0 Å². The van der Waals surface area contributed by atoms with E-state index in [0.29, 0.717) is 17.7 Å². The van der Waals surface area contributed by atoms with Crippen molar-refractivity contribution in [2.24, 2.45) is 0 Å². The molecule has 0 unspecified atom stereocenters. The second-order valence-electron chi connectivity index (χ2n) is 2.67. The molecule has 2 nitrogen and oxygen atoms in total. The van der Waals surface area contributed by atoms with E-state index >= 15 is 0 Å². The van der Waals surface area contributed by atoms with E-state index in [9.17, 15) is 13.2 Å². The van der Waals surface area contributed by atoms with Crippen LogP contribution in [0.2, 0.25) is 0 Å². The molecule has 1 aromatic rings. The smallest absolute Gasteiger partial charge is 0.233 e. The molecule has 13 heavy (non-hydrogen) atoms. The van der Waals surface area contributed by atoms with E-state index < -0.39 is 12.0 Å². The van der Waals surface area contributed by atoms with Gasteiger partial charge in [0.2, 0.25) is 5.82 Å². The molecule has 0 saturated carbocycles. The fourth-order valence-electron chi connectivity index (χ4n) is 0.972. The number of aryl methyl sites for hydroxylation is 2. The minimum Gasteiger partial charge on any atom is -0.233 e. The summed E-state index contributed by atoms with van der Waals surface area (Å²) in [6.07, 6.45) is -2.76. The molecular formula is C8H9F3N2. The van der Waals surface area contributed by atoms with Crippen LogP contribution in [0, 0.1) is 6.92 Å². The Bertz CT molecular complexity index is 307. The molecule has 0 aliphatic carbocycles. The van der Waals surface area contributed by atoms with Crippen LogP contribution in [0.15, 0.2) is 6.20 Å². The lowest BCUT2D eigenvalue weighted by Crippen LogP contribution is -2.12. The number of alkyl halides is 3. The van der Waals surface area contributed by atoms with Crippen LogP contribution in [0.4, 0.5) is 13.2 Å². The van der Waals surface area contributed by atoms with Crippen LogP contribution in [-0.2, 0) is 12.6 Å². The van der Waals surface area contributed by atoms with E-state index in [1.165, 1.54) is 6.20 Å². The Morgan fingerprint density at radius 2 is 2.00 bits per heavy atom. The fraction of sp³-hybridized carbons (Fsp3) is 0.500. The summed E-state index contributed by atoms with van der Waals surface area (Å²) in [5.41, 5.74) is 1.14. The average Bonchev–Trinajstić information content (AvgIpc) is 2.03. The van der Waals surface area contributed by atoms with Gasteiger partial charge in [-0.15, -0.1) is 0 Å². The molecule has 0 saturated heterocycles. The highest BCUT2D eigenvalue weighted by molar-refractivity contribution is 5.16. The van der Waals surface area contributed by atoms with E-state index in [-0.39, 0.29) is 0 Å². The predicted molar refractivity (Wildman–Crippen MR) is 41.1 cm³/mol. The number of hydrogen-bond donors (Lipinski definition) is 0. The molecule has 0 N–H and O–H groups in total. The Balaban J connectivity index is 3.14. The summed E-state index contributed by atoms with van der Waals surface area (Å²) in [7, 11) is 0. The van der Waals surface area contributed by atoms with Crippen molar-refractivity contribution in [2.75, 3.05) is 0 Å². The molecule has 0 amide bonds. The van der Waals surface area contributed by atoms with Crippen LogP contribution >= 0.6 is 0 Å². The molecule has 5 heteroatoms. The van der Waals surface area contributed by atoms with Gasteiger partial charge in [-0.25, -0.2) is 9.97 Å². The van der Waals surface area contributed by atoms with Crippen molar-refractivity contribution in [2.45, 2.75) is 26.4 Å². The predicted octanol–water partition coefficient (Wildman–Crippen LogP) is 2.37. The minimum absolute atomic E-state index is 0.447.